The molecule has 2 amide bonds. The Morgan fingerprint density at radius 1 is 1.50 bits per heavy atom. The molecule has 0 bridgehead atoms. The van der Waals surface area contributed by atoms with Gasteiger partial charge in [0.1, 0.15) is 6.04 Å². The maximum Gasteiger partial charge on any atom is 0.326 e. The zero-order valence-electron chi connectivity index (χ0n) is 9.54. The van der Waals surface area contributed by atoms with Crippen molar-refractivity contribution in [2.45, 2.75) is 19.4 Å². The topological polar surface area (TPSA) is 78.4 Å². The number of amides is 2. The molecule has 1 rings (SSSR count). The van der Waals surface area contributed by atoms with E-state index in [1.54, 1.807) is 19.1 Å². The van der Waals surface area contributed by atoms with Crippen molar-refractivity contribution in [2.75, 3.05) is 5.32 Å². The zero-order chi connectivity index (χ0) is 13.7. The molecular formula is C11H12BrIN2O3. The van der Waals surface area contributed by atoms with Gasteiger partial charge in [0.05, 0.1) is 0 Å². The summed E-state index contributed by atoms with van der Waals surface area (Å²) >= 11 is 5.51. The maximum atomic E-state index is 11.6. The highest BCUT2D eigenvalue weighted by molar-refractivity contribution is 14.1. The van der Waals surface area contributed by atoms with Crippen LogP contribution in [0.3, 0.4) is 0 Å². The van der Waals surface area contributed by atoms with Crippen molar-refractivity contribution in [3.8, 4) is 0 Å². The normalized spacial score (nSPS) is 11.7. The SMILES string of the molecule is CC[C@@H](NC(=O)Nc1ccc(I)c(Br)c1)C(=O)O. The molecule has 0 aliphatic heterocycles. The largest absolute Gasteiger partial charge is 0.480 e. The van der Waals surface area contributed by atoms with E-state index in [-0.39, 0.29) is 0 Å². The van der Waals surface area contributed by atoms with Gasteiger partial charge in [-0.3, -0.25) is 0 Å². The number of carboxylic acid groups (broad SMARTS) is 1. The van der Waals surface area contributed by atoms with Gasteiger partial charge < -0.3 is 15.7 Å². The molecule has 1 aromatic carbocycles. The lowest BCUT2D eigenvalue weighted by Gasteiger charge is -2.13. The summed E-state index contributed by atoms with van der Waals surface area (Å²) in [4.78, 5) is 22.3. The summed E-state index contributed by atoms with van der Waals surface area (Å²) in [6, 6.07) is 3.93. The van der Waals surface area contributed by atoms with E-state index in [1.165, 1.54) is 0 Å². The molecule has 0 radical (unpaired) electrons. The Morgan fingerprint density at radius 2 is 2.17 bits per heavy atom. The van der Waals surface area contributed by atoms with Gasteiger partial charge >= 0.3 is 12.0 Å². The molecule has 7 heteroatoms. The second-order valence-corrected chi connectivity index (χ2v) is 5.54. The monoisotopic (exact) mass is 426 g/mol. The second kappa shape index (κ2) is 6.93. The van der Waals surface area contributed by atoms with Gasteiger partial charge in [-0.05, 0) is 63.1 Å². The number of carbonyl (C=O) groups excluding carboxylic acids is 1. The number of hydrogen-bond donors (Lipinski definition) is 3. The van der Waals surface area contributed by atoms with Gasteiger partial charge in [-0.1, -0.05) is 6.92 Å². The molecule has 0 saturated carbocycles. The van der Waals surface area contributed by atoms with E-state index in [9.17, 15) is 9.59 Å². The number of carboxylic acids is 1. The highest BCUT2D eigenvalue weighted by atomic mass is 127. The lowest BCUT2D eigenvalue weighted by Crippen LogP contribution is -2.42. The van der Waals surface area contributed by atoms with Crippen molar-refractivity contribution in [1.82, 2.24) is 5.32 Å². The number of benzene rings is 1. The highest BCUT2D eigenvalue weighted by Gasteiger charge is 2.17. The first-order chi connectivity index (χ1) is 8.43. The quantitative estimate of drug-likeness (QED) is 0.647. The van der Waals surface area contributed by atoms with E-state index >= 15 is 0 Å². The number of anilines is 1. The number of halogens is 2. The van der Waals surface area contributed by atoms with Crippen LogP contribution >= 0.6 is 38.5 Å². The average molecular weight is 427 g/mol. The summed E-state index contributed by atoms with van der Waals surface area (Å²) in [7, 11) is 0. The summed E-state index contributed by atoms with van der Waals surface area (Å²) in [5.74, 6) is -1.04. The molecular weight excluding hydrogens is 415 g/mol. The number of rotatable bonds is 4. The molecule has 0 spiro atoms. The van der Waals surface area contributed by atoms with Crippen LogP contribution in [0, 0.1) is 3.57 Å². The second-order valence-electron chi connectivity index (χ2n) is 3.53. The van der Waals surface area contributed by atoms with Crippen LogP contribution in [0.15, 0.2) is 22.7 Å². The molecule has 18 heavy (non-hydrogen) atoms. The summed E-state index contributed by atoms with van der Waals surface area (Å²) in [5, 5.41) is 13.8. The van der Waals surface area contributed by atoms with E-state index in [4.69, 9.17) is 5.11 Å². The molecule has 98 valence electrons. The van der Waals surface area contributed by atoms with Crippen LogP contribution in [0.2, 0.25) is 0 Å². The number of aliphatic carboxylic acids is 1. The van der Waals surface area contributed by atoms with Crippen molar-refractivity contribution in [2.24, 2.45) is 0 Å². The molecule has 0 aromatic heterocycles. The third-order valence-corrected chi connectivity index (χ3v) is 4.53. The Bertz CT molecular complexity index is 468. The fourth-order valence-corrected chi connectivity index (χ4v) is 1.95. The lowest BCUT2D eigenvalue weighted by atomic mass is 10.2. The number of carbonyl (C=O) groups is 2. The number of hydrogen-bond acceptors (Lipinski definition) is 2. The van der Waals surface area contributed by atoms with Crippen molar-refractivity contribution >= 4 is 56.2 Å². The molecule has 0 saturated heterocycles. The first-order valence-corrected chi connectivity index (χ1v) is 7.06. The third-order valence-electron chi connectivity index (χ3n) is 2.19. The van der Waals surface area contributed by atoms with Crippen LogP contribution in [0.25, 0.3) is 0 Å². The van der Waals surface area contributed by atoms with E-state index in [2.05, 4.69) is 49.2 Å². The smallest absolute Gasteiger partial charge is 0.326 e. The van der Waals surface area contributed by atoms with Crippen molar-refractivity contribution in [3.63, 3.8) is 0 Å². The summed E-state index contributed by atoms with van der Waals surface area (Å²) in [5.41, 5.74) is 0.597. The summed E-state index contributed by atoms with van der Waals surface area (Å²) in [6.07, 6.45) is 0.332. The van der Waals surface area contributed by atoms with Gasteiger partial charge in [0.15, 0.2) is 0 Å². The standard InChI is InChI=1S/C11H12BrIN2O3/c1-2-9(10(16)17)15-11(18)14-6-3-4-8(13)7(12)5-6/h3-5,9H,2H2,1H3,(H,16,17)(H2,14,15,18)/t9-/m1/s1. The van der Waals surface area contributed by atoms with Gasteiger partial charge in [0.25, 0.3) is 0 Å². The molecule has 3 N–H and O–H groups in total. The molecule has 0 fully saturated rings. The fourth-order valence-electron chi connectivity index (χ4n) is 1.24. The Balaban J connectivity index is 2.64. The Kier molecular flexibility index (Phi) is 5.86. The molecule has 0 heterocycles. The first kappa shape index (κ1) is 15.2. The Labute approximate surface area is 127 Å². The summed E-state index contributed by atoms with van der Waals surface area (Å²) in [6.45, 7) is 1.69. The van der Waals surface area contributed by atoms with Crippen molar-refractivity contribution < 1.29 is 14.7 Å². The van der Waals surface area contributed by atoms with Crippen molar-refractivity contribution in [3.05, 3.63) is 26.2 Å². The fraction of sp³-hybridized carbons (Fsp3) is 0.273. The minimum atomic E-state index is -1.04. The lowest BCUT2D eigenvalue weighted by molar-refractivity contribution is -0.139. The Morgan fingerprint density at radius 3 is 2.67 bits per heavy atom. The molecule has 0 unspecified atom stereocenters. The van der Waals surface area contributed by atoms with E-state index in [0.717, 1.165) is 8.04 Å². The van der Waals surface area contributed by atoms with Gasteiger partial charge in [-0.25, -0.2) is 9.59 Å². The van der Waals surface area contributed by atoms with Crippen LogP contribution in [0.4, 0.5) is 10.5 Å². The van der Waals surface area contributed by atoms with Crippen LogP contribution in [-0.4, -0.2) is 23.1 Å². The Hall–Kier alpha value is -0.830. The predicted octanol–water partition coefficient (Wildman–Crippen LogP) is 3.04. The predicted molar refractivity (Wildman–Crippen MR) is 80.7 cm³/mol. The van der Waals surface area contributed by atoms with Gasteiger partial charge in [0.2, 0.25) is 0 Å². The minimum Gasteiger partial charge on any atom is -0.480 e. The van der Waals surface area contributed by atoms with Crippen LogP contribution in [-0.2, 0) is 4.79 Å². The molecule has 1 atom stereocenters. The van der Waals surface area contributed by atoms with Crippen LogP contribution in [0.1, 0.15) is 13.3 Å². The van der Waals surface area contributed by atoms with Crippen LogP contribution in [0.5, 0.6) is 0 Å². The number of urea groups is 1. The molecule has 5 nitrogen and oxygen atoms in total. The van der Waals surface area contributed by atoms with Gasteiger partial charge in [0, 0.05) is 13.7 Å². The van der Waals surface area contributed by atoms with E-state index in [0.29, 0.717) is 12.1 Å². The molecule has 0 aliphatic rings. The summed E-state index contributed by atoms with van der Waals surface area (Å²) < 4.78 is 1.89. The van der Waals surface area contributed by atoms with E-state index in [1.807, 2.05) is 6.07 Å². The first-order valence-electron chi connectivity index (χ1n) is 5.19. The third kappa shape index (κ3) is 4.45. The van der Waals surface area contributed by atoms with Crippen molar-refractivity contribution in [1.29, 1.82) is 0 Å². The average Bonchev–Trinajstić information content (AvgIpc) is 2.30. The molecule has 0 aliphatic carbocycles. The zero-order valence-corrected chi connectivity index (χ0v) is 13.3. The number of nitrogens with one attached hydrogen (secondary N) is 2. The van der Waals surface area contributed by atoms with Crippen LogP contribution < -0.4 is 10.6 Å². The van der Waals surface area contributed by atoms with E-state index < -0.39 is 18.0 Å². The maximum absolute atomic E-state index is 11.6. The highest BCUT2D eigenvalue weighted by Crippen LogP contribution is 2.22. The van der Waals surface area contributed by atoms with Gasteiger partial charge in [-0.15, -0.1) is 0 Å². The van der Waals surface area contributed by atoms with Gasteiger partial charge in [-0.2, -0.15) is 0 Å². The molecule has 1 aromatic rings. The minimum absolute atomic E-state index is 0.332.